The van der Waals surface area contributed by atoms with E-state index in [1.54, 1.807) is 19.2 Å². The van der Waals surface area contributed by atoms with Gasteiger partial charge >= 0.3 is 5.97 Å². The van der Waals surface area contributed by atoms with Gasteiger partial charge < -0.3 is 24.8 Å². The van der Waals surface area contributed by atoms with Crippen molar-refractivity contribution in [3.05, 3.63) is 77.9 Å². The number of benzene rings is 3. The quantitative estimate of drug-likeness (QED) is 0.309. The van der Waals surface area contributed by atoms with Crippen molar-refractivity contribution in [3.63, 3.8) is 0 Å². The molecule has 3 aromatic carbocycles. The molecule has 0 bridgehead atoms. The maximum atomic E-state index is 11.8. The number of rotatable bonds is 10. The Kier molecular flexibility index (Phi) is 8.27. The molecule has 0 aliphatic heterocycles. The zero-order valence-corrected chi connectivity index (χ0v) is 20.5. The van der Waals surface area contributed by atoms with Crippen molar-refractivity contribution < 1.29 is 19.4 Å². The van der Waals surface area contributed by atoms with Crippen LogP contribution < -0.4 is 15.0 Å². The van der Waals surface area contributed by atoms with Crippen LogP contribution in [0.4, 0.5) is 22.7 Å². The number of hydrogen-bond donors (Lipinski definition) is 2. The highest BCUT2D eigenvalue weighted by Gasteiger charge is 2.16. The summed E-state index contributed by atoms with van der Waals surface area (Å²) in [6.07, 6.45) is 6.65. The molecular weight excluding hydrogens is 440 g/mol. The van der Waals surface area contributed by atoms with Gasteiger partial charge in [-0.1, -0.05) is 31.4 Å². The fourth-order valence-electron chi connectivity index (χ4n) is 4.62. The highest BCUT2D eigenvalue weighted by molar-refractivity contribution is 5.95. The van der Waals surface area contributed by atoms with Gasteiger partial charge in [0.05, 0.1) is 17.9 Å². The minimum atomic E-state index is -1.02. The van der Waals surface area contributed by atoms with Crippen LogP contribution in [0.25, 0.3) is 0 Å². The maximum absolute atomic E-state index is 11.8. The molecule has 0 saturated heterocycles. The van der Waals surface area contributed by atoms with Gasteiger partial charge in [0.2, 0.25) is 0 Å². The minimum Gasteiger partial charge on any atom is -0.491 e. The van der Waals surface area contributed by atoms with Crippen molar-refractivity contribution in [1.29, 1.82) is 0 Å². The summed E-state index contributed by atoms with van der Waals surface area (Å²) in [4.78, 5) is 13.9. The Labute approximate surface area is 207 Å². The summed E-state index contributed by atoms with van der Waals surface area (Å²) in [5, 5.41) is 12.9. The lowest BCUT2D eigenvalue weighted by atomic mass is 9.84. The van der Waals surface area contributed by atoms with E-state index in [1.807, 2.05) is 24.3 Å². The van der Waals surface area contributed by atoms with Gasteiger partial charge in [-0.25, -0.2) is 4.79 Å². The first-order valence-corrected chi connectivity index (χ1v) is 12.2. The van der Waals surface area contributed by atoms with E-state index in [2.05, 4.69) is 41.5 Å². The first-order chi connectivity index (χ1) is 17.0. The summed E-state index contributed by atoms with van der Waals surface area (Å²) in [6, 6.07) is 21.9. The van der Waals surface area contributed by atoms with Crippen LogP contribution in [0, 0.1) is 0 Å². The smallest absolute Gasteiger partial charge is 0.337 e. The summed E-state index contributed by atoms with van der Waals surface area (Å²) in [6.45, 7) is 0.800. The van der Waals surface area contributed by atoms with Crippen LogP contribution in [0.3, 0.4) is 0 Å². The Balaban J connectivity index is 1.42. The van der Waals surface area contributed by atoms with Crippen molar-refractivity contribution in [2.75, 3.05) is 37.6 Å². The number of nitrogens with zero attached hydrogens (tertiary/aromatic N) is 1. The largest absolute Gasteiger partial charge is 0.491 e. The van der Waals surface area contributed by atoms with Gasteiger partial charge in [0.15, 0.2) is 0 Å². The van der Waals surface area contributed by atoms with Crippen molar-refractivity contribution in [1.82, 2.24) is 0 Å². The third-order valence-electron chi connectivity index (χ3n) is 6.67. The van der Waals surface area contributed by atoms with E-state index >= 15 is 0 Å². The van der Waals surface area contributed by atoms with Gasteiger partial charge in [0.1, 0.15) is 12.4 Å². The molecule has 0 aromatic heterocycles. The Bertz CT molecular complexity index is 1110. The molecule has 1 saturated carbocycles. The van der Waals surface area contributed by atoms with Crippen molar-refractivity contribution >= 4 is 28.7 Å². The number of carboxylic acids is 1. The number of anilines is 4. The molecule has 4 rings (SSSR count). The number of carbonyl (C=O) groups is 1. The summed E-state index contributed by atoms with van der Waals surface area (Å²) < 4.78 is 10.5. The van der Waals surface area contributed by atoms with Gasteiger partial charge in [-0.05, 0) is 78.9 Å². The average molecular weight is 475 g/mol. The maximum Gasteiger partial charge on any atom is 0.337 e. The van der Waals surface area contributed by atoms with Crippen molar-refractivity contribution in [3.8, 4) is 5.75 Å². The van der Waals surface area contributed by atoms with Crippen LogP contribution in [0.5, 0.6) is 5.75 Å². The van der Waals surface area contributed by atoms with Crippen LogP contribution in [0.15, 0.2) is 66.7 Å². The molecule has 6 heteroatoms. The second-order valence-electron chi connectivity index (χ2n) is 9.01. The number of hydrogen-bond acceptors (Lipinski definition) is 5. The summed E-state index contributed by atoms with van der Waals surface area (Å²) >= 11 is 0. The lowest BCUT2D eigenvalue weighted by molar-refractivity contribution is 0.0697. The third kappa shape index (κ3) is 6.34. The molecule has 3 aromatic rings. The van der Waals surface area contributed by atoms with Crippen LogP contribution in [-0.2, 0) is 4.74 Å². The molecule has 184 valence electrons. The van der Waals surface area contributed by atoms with E-state index in [0.717, 1.165) is 17.1 Å². The second kappa shape index (κ2) is 11.8. The van der Waals surface area contributed by atoms with E-state index in [-0.39, 0.29) is 5.56 Å². The summed E-state index contributed by atoms with van der Waals surface area (Å²) in [5.74, 6) is 0.185. The van der Waals surface area contributed by atoms with E-state index in [4.69, 9.17) is 9.47 Å². The van der Waals surface area contributed by atoms with Crippen molar-refractivity contribution in [2.45, 2.75) is 38.0 Å². The molecule has 0 heterocycles. The minimum absolute atomic E-state index is 0.152. The Morgan fingerprint density at radius 1 is 0.943 bits per heavy atom. The molecule has 1 aliphatic carbocycles. The van der Waals surface area contributed by atoms with E-state index in [9.17, 15) is 9.90 Å². The highest BCUT2D eigenvalue weighted by atomic mass is 16.5. The highest BCUT2D eigenvalue weighted by Crippen LogP contribution is 2.34. The van der Waals surface area contributed by atoms with E-state index in [1.165, 1.54) is 43.7 Å². The average Bonchev–Trinajstić information content (AvgIpc) is 2.90. The van der Waals surface area contributed by atoms with Crippen molar-refractivity contribution in [2.24, 2.45) is 0 Å². The number of methoxy groups -OCH3 is 1. The van der Waals surface area contributed by atoms with Crippen LogP contribution >= 0.6 is 0 Å². The predicted octanol–water partition coefficient (Wildman–Crippen LogP) is 6.97. The van der Waals surface area contributed by atoms with E-state index < -0.39 is 5.97 Å². The first-order valence-electron chi connectivity index (χ1n) is 12.2. The standard InChI is InChI=1S/C29H34N2O4/c1-31(24-12-8-22(9-13-24)21-6-4-3-5-7-21)25-14-10-23(11-15-25)30-28-17-16-26(35-19-18-34-2)20-27(28)29(32)33/h8-17,20-21,30H,3-7,18-19H2,1-2H3,(H,32,33). The number of nitrogens with one attached hydrogen (secondary N) is 1. The van der Waals surface area contributed by atoms with Gasteiger partial charge in [0.25, 0.3) is 0 Å². The van der Waals surface area contributed by atoms with Gasteiger partial charge in [-0.15, -0.1) is 0 Å². The molecule has 35 heavy (non-hydrogen) atoms. The fourth-order valence-corrected chi connectivity index (χ4v) is 4.62. The molecule has 6 nitrogen and oxygen atoms in total. The number of ether oxygens (including phenoxy) is 2. The van der Waals surface area contributed by atoms with Crippen LogP contribution in [0.2, 0.25) is 0 Å². The monoisotopic (exact) mass is 474 g/mol. The van der Waals surface area contributed by atoms with Gasteiger partial charge in [0, 0.05) is 31.2 Å². The third-order valence-corrected chi connectivity index (χ3v) is 6.67. The van der Waals surface area contributed by atoms with E-state index in [0.29, 0.717) is 30.6 Å². The van der Waals surface area contributed by atoms with Crippen LogP contribution in [-0.4, -0.2) is 38.4 Å². The van der Waals surface area contributed by atoms with Crippen LogP contribution in [0.1, 0.15) is 53.9 Å². The number of carboxylic acid groups (broad SMARTS) is 1. The SMILES string of the molecule is COCCOc1ccc(Nc2ccc(N(C)c3ccc(C4CCCCC4)cc3)cc2)c(C(=O)O)c1. The summed E-state index contributed by atoms with van der Waals surface area (Å²) in [7, 11) is 3.65. The second-order valence-corrected chi connectivity index (χ2v) is 9.01. The molecular formula is C29H34N2O4. The molecule has 0 unspecified atom stereocenters. The lowest BCUT2D eigenvalue weighted by Crippen LogP contribution is -2.10. The van der Waals surface area contributed by atoms with Gasteiger partial charge in [-0.3, -0.25) is 0 Å². The first kappa shape index (κ1) is 24.6. The summed E-state index contributed by atoms with van der Waals surface area (Å²) in [5.41, 5.74) is 5.12. The predicted molar refractivity (Wildman–Crippen MR) is 141 cm³/mol. The Morgan fingerprint density at radius 3 is 2.23 bits per heavy atom. The molecule has 0 radical (unpaired) electrons. The Morgan fingerprint density at radius 2 is 1.60 bits per heavy atom. The molecule has 0 spiro atoms. The van der Waals surface area contributed by atoms with Gasteiger partial charge in [-0.2, -0.15) is 0 Å². The zero-order chi connectivity index (χ0) is 24.6. The molecule has 2 N–H and O–H groups in total. The molecule has 1 aliphatic rings. The molecule has 1 fully saturated rings. The number of aromatic carboxylic acids is 1. The molecule has 0 amide bonds. The topological polar surface area (TPSA) is 71.0 Å². The fraction of sp³-hybridized carbons (Fsp3) is 0.345. The lowest BCUT2D eigenvalue weighted by Gasteiger charge is -2.24. The molecule has 0 atom stereocenters. The zero-order valence-electron chi connectivity index (χ0n) is 20.5. The normalized spacial score (nSPS) is 13.9. The Hall–Kier alpha value is -3.51.